The highest BCUT2D eigenvalue weighted by Crippen LogP contribution is 2.39. The number of phenolic OH excluding ortho intramolecular Hbond substituents is 1. The molecule has 0 aliphatic heterocycles. The van der Waals surface area contributed by atoms with E-state index in [-0.39, 0.29) is 23.9 Å². The van der Waals surface area contributed by atoms with Crippen LogP contribution in [0.1, 0.15) is 18.1 Å². The van der Waals surface area contributed by atoms with E-state index in [1.807, 2.05) is 0 Å². The minimum atomic E-state index is -4.52. The van der Waals surface area contributed by atoms with Crippen LogP contribution in [0.4, 0.5) is 0 Å². The Labute approximate surface area is 151 Å². The molecule has 2 aromatic carbocycles. The fraction of sp³-hybridized carbons (Fsp3) is 0.125. The third kappa shape index (κ3) is 3.24. The molecule has 26 heavy (non-hydrogen) atoms. The molecule has 0 heterocycles. The number of rotatable bonds is 3. The predicted octanol–water partition coefficient (Wildman–Crippen LogP) is 1.42. The van der Waals surface area contributed by atoms with Gasteiger partial charge in [0.25, 0.3) is 20.2 Å². The maximum absolute atomic E-state index is 11.6. The number of hydrogen-bond donors (Lipinski definition) is 4. The molecule has 0 radical (unpaired) electrons. The molecule has 1 aliphatic carbocycles. The zero-order valence-corrected chi connectivity index (χ0v) is 14.8. The van der Waals surface area contributed by atoms with E-state index in [1.165, 1.54) is 36.4 Å². The number of phenols is 1. The summed E-state index contributed by atoms with van der Waals surface area (Å²) >= 11 is 0. The average molecular weight is 398 g/mol. The fourth-order valence-electron chi connectivity index (χ4n) is 2.99. The van der Waals surface area contributed by atoms with Gasteiger partial charge in [-0.3, -0.25) is 9.11 Å². The first-order valence-electron chi connectivity index (χ1n) is 7.30. The average Bonchev–Trinajstić information content (AvgIpc) is 2.54. The largest absolute Gasteiger partial charge is 1.00 e. The molecule has 0 saturated carbocycles. The molecule has 138 valence electrons. The van der Waals surface area contributed by atoms with Crippen molar-refractivity contribution in [1.82, 2.24) is 0 Å². The molecule has 10 heteroatoms. The fourth-order valence-corrected chi connectivity index (χ4v) is 4.32. The van der Waals surface area contributed by atoms with Crippen LogP contribution in [0, 0.1) is 0 Å². The van der Waals surface area contributed by atoms with Crippen LogP contribution >= 0.6 is 0 Å². The molecule has 1 unspecified atom stereocenters. The SMILES string of the molecule is NC1(c2ccccc2S(=O)(=O)O)C=Cc2cc(S(=O)(=O)O)cc(O)c2C1.[H+]. The summed E-state index contributed by atoms with van der Waals surface area (Å²) in [6.07, 6.45) is 2.82. The highest BCUT2D eigenvalue weighted by molar-refractivity contribution is 7.86. The van der Waals surface area contributed by atoms with E-state index < -0.39 is 36.4 Å². The Morgan fingerprint density at radius 1 is 1.04 bits per heavy atom. The minimum absolute atomic E-state index is 0. The van der Waals surface area contributed by atoms with Gasteiger partial charge in [0.05, 0.1) is 15.3 Å². The van der Waals surface area contributed by atoms with Crippen molar-refractivity contribution in [3.8, 4) is 5.75 Å². The third-order valence-corrected chi connectivity index (χ3v) is 5.97. The Kier molecular flexibility index (Phi) is 4.20. The van der Waals surface area contributed by atoms with E-state index >= 15 is 0 Å². The van der Waals surface area contributed by atoms with E-state index in [0.717, 1.165) is 6.07 Å². The van der Waals surface area contributed by atoms with Crippen molar-refractivity contribution < 1.29 is 32.5 Å². The molecule has 0 aromatic heterocycles. The van der Waals surface area contributed by atoms with E-state index in [4.69, 9.17) is 10.3 Å². The first kappa shape index (κ1) is 18.5. The monoisotopic (exact) mass is 398 g/mol. The molecule has 2 aromatic rings. The quantitative estimate of drug-likeness (QED) is 0.566. The lowest BCUT2D eigenvalue weighted by Crippen LogP contribution is -2.39. The Balaban J connectivity index is 0.00000261. The van der Waals surface area contributed by atoms with E-state index in [9.17, 15) is 26.5 Å². The molecule has 3 rings (SSSR count). The first-order chi connectivity index (χ1) is 11.9. The van der Waals surface area contributed by atoms with Gasteiger partial charge in [-0.15, -0.1) is 0 Å². The molecule has 8 nitrogen and oxygen atoms in total. The van der Waals surface area contributed by atoms with Crippen molar-refractivity contribution >= 4 is 26.3 Å². The Morgan fingerprint density at radius 3 is 2.31 bits per heavy atom. The van der Waals surface area contributed by atoms with Gasteiger partial charge < -0.3 is 10.8 Å². The Morgan fingerprint density at radius 2 is 1.69 bits per heavy atom. The van der Waals surface area contributed by atoms with Gasteiger partial charge in [0.15, 0.2) is 0 Å². The molecule has 1 aliphatic rings. The molecule has 1 atom stereocenters. The second-order valence-electron chi connectivity index (χ2n) is 6.01. The van der Waals surface area contributed by atoms with Crippen molar-refractivity contribution in [3.05, 3.63) is 59.2 Å². The molecule has 0 amide bonds. The number of hydrogen-bond acceptors (Lipinski definition) is 6. The maximum atomic E-state index is 11.6. The van der Waals surface area contributed by atoms with Crippen LogP contribution in [-0.2, 0) is 32.2 Å². The summed E-state index contributed by atoms with van der Waals surface area (Å²) in [5.74, 6) is -0.404. The van der Waals surface area contributed by atoms with Crippen LogP contribution in [0.5, 0.6) is 5.75 Å². The van der Waals surface area contributed by atoms with Gasteiger partial charge >= 0.3 is 1.43 Å². The standard InChI is InChI=1S/C16H15NO7S2/c17-16(13-3-1-2-4-15(13)26(22,23)24)6-5-10-7-11(25(19,20)21)8-14(18)12(10)9-16/h1-8,18H,9,17H2,(H,19,20,21)(H,22,23,24)/p+1. The zero-order valence-electron chi connectivity index (χ0n) is 14.2. The van der Waals surface area contributed by atoms with Gasteiger partial charge in [-0.1, -0.05) is 30.4 Å². The van der Waals surface area contributed by atoms with Crippen LogP contribution in [0.2, 0.25) is 0 Å². The summed E-state index contributed by atoms with van der Waals surface area (Å²) in [6.45, 7) is 0. The van der Waals surface area contributed by atoms with Gasteiger partial charge in [-0.2, -0.15) is 16.8 Å². The molecule has 0 spiro atoms. The molecule has 0 fully saturated rings. The topological polar surface area (TPSA) is 155 Å². The second kappa shape index (κ2) is 5.89. The number of benzene rings is 2. The number of fused-ring (bicyclic) bond motifs is 1. The highest BCUT2D eigenvalue weighted by atomic mass is 32.2. The molecular weight excluding hydrogens is 382 g/mol. The van der Waals surface area contributed by atoms with Crippen LogP contribution in [0.3, 0.4) is 0 Å². The lowest BCUT2D eigenvalue weighted by Gasteiger charge is -2.32. The van der Waals surface area contributed by atoms with Gasteiger partial charge in [0.1, 0.15) is 5.75 Å². The molecule has 0 bridgehead atoms. The highest BCUT2D eigenvalue weighted by Gasteiger charge is 2.35. The second-order valence-corrected chi connectivity index (χ2v) is 8.82. The smallest absolute Gasteiger partial charge is 0.508 e. The summed E-state index contributed by atoms with van der Waals surface area (Å²) in [5.41, 5.74) is 5.71. The predicted molar refractivity (Wildman–Crippen MR) is 93.9 cm³/mol. The van der Waals surface area contributed by atoms with Gasteiger partial charge in [0, 0.05) is 18.1 Å². The van der Waals surface area contributed by atoms with Crippen molar-refractivity contribution in [1.29, 1.82) is 0 Å². The minimum Gasteiger partial charge on any atom is -0.508 e. The van der Waals surface area contributed by atoms with E-state index in [2.05, 4.69) is 0 Å². The summed E-state index contributed by atoms with van der Waals surface area (Å²) < 4.78 is 64.4. The molecule has 0 saturated heterocycles. The summed E-state index contributed by atoms with van der Waals surface area (Å²) in [4.78, 5) is -0.828. The van der Waals surface area contributed by atoms with Crippen molar-refractivity contribution in [2.24, 2.45) is 5.73 Å². The lowest BCUT2D eigenvalue weighted by molar-refractivity contribution is 0.446. The van der Waals surface area contributed by atoms with Crippen LogP contribution < -0.4 is 5.73 Å². The van der Waals surface area contributed by atoms with E-state index in [0.29, 0.717) is 5.56 Å². The van der Waals surface area contributed by atoms with Crippen molar-refractivity contribution in [3.63, 3.8) is 0 Å². The van der Waals surface area contributed by atoms with Crippen LogP contribution in [0.25, 0.3) is 6.08 Å². The lowest BCUT2D eigenvalue weighted by atomic mass is 9.79. The Bertz CT molecular complexity index is 1140. The van der Waals surface area contributed by atoms with E-state index in [1.54, 1.807) is 6.07 Å². The summed E-state index contributed by atoms with van der Waals surface area (Å²) in [5, 5.41) is 10.2. The van der Waals surface area contributed by atoms with Crippen molar-refractivity contribution in [2.75, 3.05) is 0 Å². The van der Waals surface area contributed by atoms with Crippen LogP contribution in [0.15, 0.2) is 52.3 Å². The van der Waals surface area contributed by atoms with Gasteiger partial charge in [0.2, 0.25) is 0 Å². The normalized spacial score (nSPS) is 20.0. The number of aromatic hydroxyl groups is 1. The molecule has 5 N–H and O–H groups in total. The van der Waals surface area contributed by atoms with Crippen LogP contribution in [-0.4, -0.2) is 31.0 Å². The van der Waals surface area contributed by atoms with Crippen molar-refractivity contribution in [2.45, 2.75) is 21.8 Å². The number of nitrogens with two attached hydrogens (primary N) is 1. The Hall–Kier alpha value is -2.24. The summed E-state index contributed by atoms with van der Waals surface area (Å²) in [7, 11) is -9.03. The third-order valence-electron chi connectivity index (χ3n) is 4.23. The van der Waals surface area contributed by atoms with Gasteiger partial charge in [-0.25, -0.2) is 0 Å². The maximum Gasteiger partial charge on any atom is 1.00 e. The summed E-state index contributed by atoms with van der Waals surface area (Å²) in [6, 6.07) is 7.72. The zero-order chi connectivity index (χ0) is 19.3. The van der Waals surface area contributed by atoms with Gasteiger partial charge in [-0.05, 0) is 23.3 Å². The molecular formula is C16H16NO7S2+. The first-order valence-corrected chi connectivity index (χ1v) is 10.2.